The topological polar surface area (TPSA) is 46.2 Å². The fourth-order valence-electron chi connectivity index (χ4n) is 1.25. The van der Waals surface area contributed by atoms with Gasteiger partial charge in [-0.1, -0.05) is 11.6 Å². The zero-order valence-corrected chi connectivity index (χ0v) is 14.0. The van der Waals surface area contributed by atoms with Gasteiger partial charge < -0.3 is 0 Å². The van der Waals surface area contributed by atoms with E-state index >= 15 is 0 Å². The van der Waals surface area contributed by atoms with Crippen LogP contribution in [0.2, 0.25) is 4.34 Å². The lowest BCUT2D eigenvalue weighted by atomic mass is 10.4. The maximum Gasteiger partial charge on any atom is 0.250 e. The number of sulfonamides is 1. The Morgan fingerprint density at radius 1 is 1.39 bits per heavy atom. The Labute approximate surface area is 127 Å². The van der Waals surface area contributed by atoms with Crippen molar-refractivity contribution >= 4 is 60.2 Å². The summed E-state index contributed by atoms with van der Waals surface area (Å²) in [6.07, 6.45) is 0. The normalized spacial score (nSPS) is 11.9. The molecule has 2 aromatic rings. The lowest BCUT2D eigenvalue weighted by Crippen LogP contribution is -2.21. The van der Waals surface area contributed by atoms with Crippen molar-refractivity contribution in [3.8, 4) is 0 Å². The molecule has 0 atom stereocenters. The van der Waals surface area contributed by atoms with E-state index in [0.29, 0.717) is 8.55 Å². The quantitative estimate of drug-likeness (QED) is 0.863. The molecule has 0 aliphatic carbocycles. The summed E-state index contributed by atoms with van der Waals surface area (Å²) in [5.41, 5.74) is 0.916. The van der Waals surface area contributed by atoms with Gasteiger partial charge in [0.05, 0.1) is 8.12 Å². The molecule has 3 nitrogen and oxygen atoms in total. The molecule has 2 aromatic heterocycles. The predicted octanol–water partition coefficient (Wildman–Crippen LogP) is 4.01. The Hall–Kier alpha value is 0.0800. The van der Waals surface area contributed by atoms with E-state index in [1.54, 1.807) is 12.1 Å². The van der Waals surface area contributed by atoms with Crippen LogP contribution in [0, 0.1) is 6.92 Å². The standard InChI is InChI=1S/C10H9BrClNO2S3/c1-6-4-9(17-10(6)11)18(14,15)13-5-7-2-3-8(12)16-7/h2-4,13H,5H2,1H3. The van der Waals surface area contributed by atoms with E-state index in [1.165, 1.54) is 22.7 Å². The van der Waals surface area contributed by atoms with E-state index in [1.807, 2.05) is 13.0 Å². The van der Waals surface area contributed by atoms with E-state index in [4.69, 9.17) is 11.6 Å². The van der Waals surface area contributed by atoms with E-state index in [-0.39, 0.29) is 6.54 Å². The molecule has 0 amide bonds. The fraction of sp³-hybridized carbons (Fsp3) is 0.200. The van der Waals surface area contributed by atoms with Crippen LogP contribution in [-0.4, -0.2) is 8.42 Å². The molecule has 0 radical (unpaired) electrons. The molecule has 98 valence electrons. The maximum absolute atomic E-state index is 12.0. The highest BCUT2D eigenvalue weighted by Crippen LogP contribution is 2.30. The maximum atomic E-state index is 12.0. The Balaban J connectivity index is 2.12. The second-order valence-corrected chi connectivity index (χ2v) is 9.72. The highest BCUT2D eigenvalue weighted by molar-refractivity contribution is 9.11. The molecule has 2 heterocycles. The predicted molar refractivity (Wildman–Crippen MR) is 80.1 cm³/mol. The van der Waals surface area contributed by atoms with Crippen molar-refractivity contribution in [1.82, 2.24) is 4.72 Å². The van der Waals surface area contributed by atoms with Crippen LogP contribution in [0.25, 0.3) is 0 Å². The minimum Gasteiger partial charge on any atom is -0.206 e. The number of thiophene rings is 2. The van der Waals surface area contributed by atoms with E-state index in [0.717, 1.165) is 14.2 Å². The second-order valence-electron chi connectivity index (χ2n) is 3.55. The zero-order valence-electron chi connectivity index (χ0n) is 9.24. The Kier molecular flexibility index (Phi) is 4.51. The third kappa shape index (κ3) is 3.34. The van der Waals surface area contributed by atoms with Crippen molar-refractivity contribution in [3.05, 3.63) is 36.8 Å². The second kappa shape index (κ2) is 5.60. The number of hydrogen-bond donors (Lipinski definition) is 1. The first-order valence-corrected chi connectivity index (χ1v) is 9.17. The third-order valence-electron chi connectivity index (χ3n) is 2.16. The first-order valence-electron chi connectivity index (χ1n) is 4.88. The van der Waals surface area contributed by atoms with Crippen LogP contribution in [-0.2, 0) is 16.6 Å². The largest absolute Gasteiger partial charge is 0.250 e. The van der Waals surface area contributed by atoms with Crippen LogP contribution in [0.5, 0.6) is 0 Å². The molecule has 1 N–H and O–H groups in total. The number of hydrogen-bond acceptors (Lipinski definition) is 4. The van der Waals surface area contributed by atoms with Gasteiger partial charge in [-0.2, -0.15) is 0 Å². The molecule has 8 heteroatoms. The average molecular weight is 387 g/mol. The van der Waals surface area contributed by atoms with Crippen LogP contribution < -0.4 is 4.72 Å². The van der Waals surface area contributed by atoms with Crippen molar-refractivity contribution in [1.29, 1.82) is 0 Å². The summed E-state index contributed by atoms with van der Waals surface area (Å²) >= 11 is 11.7. The SMILES string of the molecule is Cc1cc(S(=O)(=O)NCc2ccc(Cl)s2)sc1Br. The van der Waals surface area contributed by atoms with Crippen molar-refractivity contribution in [2.45, 2.75) is 17.7 Å². The van der Waals surface area contributed by atoms with Crippen LogP contribution in [0.3, 0.4) is 0 Å². The number of rotatable bonds is 4. The smallest absolute Gasteiger partial charge is 0.206 e. The highest BCUT2D eigenvalue weighted by Gasteiger charge is 2.18. The van der Waals surface area contributed by atoms with Crippen LogP contribution in [0.1, 0.15) is 10.4 Å². The molecule has 0 saturated carbocycles. The molecule has 0 spiro atoms. The molecular formula is C10H9BrClNO2S3. The van der Waals surface area contributed by atoms with Gasteiger partial charge in [-0.05, 0) is 46.6 Å². The molecule has 2 rings (SSSR count). The van der Waals surface area contributed by atoms with Gasteiger partial charge in [-0.3, -0.25) is 0 Å². The highest BCUT2D eigenvalue weighted by atomic mass is 79.9. The summed E-state index contributed by atoms with van der Waals surface area (Å²) in [5, 5.41) is 0. The monoisotopic (exact) mass is 385 g/mol. The summed E-state index contributed by atoms with van der Waals surface area (Å²) in [4.78, 5) is 0.885. The molecule has 18 heavy (non-hydrogen) atoms. The van der Waals surface area contributed by atoms with Crippen LogP contribution in [0.15, 0.2) is 26.2 Å². The Bertz CT molecular complexity index is 643. The summed E-state index contributed by atoms with van der Waals surface area (Å²) in [7, 11) is -3.45. The molecule has 0 saturated heterocycles. The van der Waals surface area contributed by atoms with Crippen molar-refractivity contribution in [2.24, 2.45) is 0 Å². The minimum absolute atomic E-state index is 0.258. The van der Waals surface area contributed by atoms with E-state index < -0.39 is 10.0 Å². The molecule has 0 aliphatic heterocycles. The molecule has 0 aliphatic rings. The Morgan fingerprint density at radius 3 is 2.61 bits per heavy atom. The molecule has 0 fully saturated rings. The third-order valence-corrected chi connectivity index (χ3v) is 7.41. The fourth-order valence-corrected chi connectivity index (χ4v) is 5.64. The zero-order chi connectivity index (χ0) is 13.3. The van der Waals surface area contributed by atoms with Crippen molar-refractivity contribution < 1.29 is 8.42 Å². The van der Waals surface area contributed by atoms with Crippen LogP contribution in [0.4, 0.5) is 0 Å². The van der Waals surface area contributed by atoms with Gasteiger partial charge in [0.1, 0.15) is 4.21 Å². The van der Waals surface area contributed by atoms with E-state index in [9.17, 15) is 8.42 Å². The number of halogens is 2. The van der Waals surface area contributed by atoms with Gasteiger partial charge in [0.2, 0.25) is 10.0 Å². The molecule has 0 unspecified atom stereocenters. The van der Waals surface area contributed by atoms with Gasteiger partial charge in [-0.25, -0.2) is 13.1 Å². The van der Waals surface area contributed by atoms with E-state index in [2.05, 4.69) is 20.7 Å². The Morgan fingerprint density at radius 2 is 2.11 bits per heavy atom. The minimum atomic E-state index is -3.45. The van der Waals surface area contributed by atoms with Gasteiger partial charge in [0.25, 0.3) is 0 Å². The van der Waals surface area contributed by atoms with Crippen molar-refractivity contribution in [2.75, 3.05) is 0 Å². The summed E-state index contributed by atoms with van der Waals surface area (Å²) in [5.74, 6) is 0. The number of aryl methyl sites for hydroxylation is 1. The number of nitrogens with one attached hydrogen (secondary N) is 1. The first kappa shape index (κ1) is 14.5. The van der Waals surface area contributed by atoms with Gasteiger partial charge in [0.15, 0.2) is 0 Å². The summed E-state index contributed by atoms with van der Waals surface area (Å²) in [6.45, 7) is 2.12. The first-order chi connectivity index (χ1) is 8.38. The van der Waals surface area contributed by atoms with Gasteiger partial charge in [-0.15, -0.1) is 22.7 Å². The van der Waals surface area contributed by atoms with Crippen molar-refractivity contribution in [3.63, 3.8) is 0 Å². The molecule has 0 bridgehead atoms. The summed E-state index contributed by atoms with van der Waals surface area (Å²) < 4.78 is 28.4. The van der Waals surface area contributed by atoms with Gasteiger partial charge in [0, 0.05) is 11.4 Å². The van der Waals surface area contributed by atoms with Crippen LogP contribution >= 0.6 is 50.2 Å². The lowest BCUT2D eigenvalue weighted by Gasteiger charge is -2.02. The summed E-state index contributed by atoms with van der Waals surface area (Å²) in [6, 6.07) is 5.21. The van der Waals surface area contributed by atoms with Gasteiger partial charge >= 0.3 is 0 Å². The lowest BCUT2D eigenvalue weighted by molar-refractivity contribution is 0.584. The molecule has 0 aromatic carbocycles. The molecular weight excluding hydrogens is 378 g/mol. The average Bonchev–Trinajstić information content (AvgIpc) is 2.84.